The number of nitrogens with zero attached hydrogens (tertiary/aromatic N) is 2. The summed E-state index contributed by atoms with van der Waals surface area (Å²) in [6.07, 6.45) is 3.10. The molecule has 0 aliphatic carbocycles. The van der Waals surface area contributed by atoms with E-state index in [2.05, 4.69) is 62.0 Å². The zero-order chi connectivity index (χ0) is 17.2. The first-order valence-electron chi connectivity index (χ1n) is 8.57. The van der Waals surface area contributed by atoms with E-state index in [4.69, 9.17) is 0 Å². The smallest absolute Gasteiger partial charge is 0.241 e. The van der Waals surface area contributed by atoms with Crippen LogP contribution in [0.15, 0.2) is 41.5 Å². The van der Waals surface area contributed by atoms with Crippen molar-refractivity contribution in [1.29, 1.82) is 0 Å². The first-order valence-corrected chi connectivity index (χ1v) is 8.57. The molecule has 1 amide bonds. The van der Waals surface area contributed by atoms with E-state index in [9.17, 15) is 4.79 Å². The Morgan fingerprint density at radius 2 is 1.84 bits per heavy atom. The minimum Gasteiger partial charge on any atom is -0.357 e. The first kappa shape index (κ1) is 21.3. The second-order valence-electron chi connectivity index (χ2n) is 5.50. The summed E-state index contributed by atoms with van der Waals surface area (Å²) in [4.78, 5) is 15.8. The highest BCUT2D eigenvalue weighted by molar-refractivity contribution is 14.0. The van der Waals surface area contributed by atoms with Crippen molar-refractivity contribution >= 4 is 46.7 Å². The minimum atomic E-state index is -0.0616. The van der Waals surface area contributed by atoms with Gasteiger partial charge in [0.2, 0.25) is 5.91 Å². The lowest BCUT2D eigenvalue weighted by Crippen LogP contribution is -2.39. The molecule has 0 unspecified atom stereocenters. The van der Waals surface area contributed by atoms with Crippen molar-refractivity contribution in [2.45, 2.75) is 26.8 Å². The molecule has 138 valence electrons. The van der Waals surface area contributed by atoms with E-state index < -0.39 is 0 Å². The van der Waals surface area contributed by atoms with Gasteiger partial charge >= 0.3 is 0 Å². The number of carbonyl (C=O) groups is 1. The molecule has 0 radical (unpaired) electrons. The van der Waals surface area contributed by atoms with Crippen LogP contribution in [0.25, 0.3) is 10.9 Å². The third kappa shape index (κ3) is 6.93. The fourth-order valence-corrected chi connectivity index (χ4v) is 2.54. The van der Waals surface area contributed by atoms with Crippen LogP contribution in [0.1, 0.15) is 20.3 Å². The summed E-state index contributed by atoms with van der Waals surface area (Å²) >= 11 is 0. The Hall–Kier alpha value is -1.77. The summed E-state index contributed by atoms with van der Waals surface area (Å²) in [5.41, 5.74) is 1.26. The van der Waals surface area contributed by atoms with Crippen LogP contribution in [0, 0.1) is 0 Å². The highest BCUT2D eigenvalue weighted by Gasteiger charge is 2.02. The van der Waals surface area contributed by atoms with Crippen molar-refractivity contribution < 1.29 is 4.79 Å². The molecule has 2 aromatic rings. The molecule has 0 aliphatic rings. The summed E-state index contributed by atoms with van der Waals surface area (Å²) in [7, 11) is 0. The summed E-state index contributed by atoms with van der Waals surface area (Å²) in [6, 6.07) is 10.5. The van der Waals surface area contributed by atoms with E-state index in [1.54, 1.807) is 0 Å². The second kappa shape index (κ2) is 11.7. The number of rotatable bonds is 8. The van der Waals surface area contributed by atoms with Crippen molar-refractivity contribution in [2.24, 2.45) is 4.99 Å². The van der Waals surface area contributed by atoms with E-state index in [1.807, 2.05) is 13.8 Å². The maximum atomic E-state index is 11.5. The van der Waals surface area contributed by atoms with Crippen molar-refractivity contribution in [1.82, 2.24) is 20.5 Å². The number of aromatic nitrogens is 1. The second-order valence-corrected chi connectivity index (χ2v) is 5.50. The number of fused-ring (bicyclic) bond motifs is 1. The molecule has 0 fully saturated rings. The largest absolute Gasteiger partial charge is 0.357 e. The van der Waals surface area contributed by atoms with Gasteiger partial charge in [0.05, 0.1) is 0 Å². The molecular formula is C18H28IN5O. The average Bonchev–Trinajstić information content (AvgIpc) is 3.00. The van der Waals surface area contributed by atoms with Crippen LogP contribution in [0.2, 0.25) is 0 Å². The molecule has 0 atom stereocenters. The van der Waals surface area contributed by atoms with Crippen LogP contribution < -0.4 is 16.0 Å². The van der Waals surface area contributed by atoms with Crippen molar-refractivity contribution in [3.05, 3.63) is 36.5 Å². The van der Waals surface area contributed by atoms with E-state index in [-0.39, 0.29) is 36.4 Å². The molecule has 2 rings (SSSR count). The van der Waals surface area contributed by atoms with Gasteiger partial charge in [0.25, 0.3) is 0 Å². The van der Waals surface area contributed by atoms with E-state index in [0.717, 1.165) is 26.1 Å². The van der Waals surface area contributed by atoms with E-state index in [1.165, 1.54) is 10.9 Å². The maximum Gasteiger partial charge on any atom is 0.241 e. The van der Waals surface area contributed by atoms with Gasteiger partial charge in [-0.15, -0.1) is 24.0 Å². The third-order valence-electron chi connectivity index (χ3n) is 3.65. The molecular weight excluding hydrogens is 429 g/mol. The number of hydrogen-bond donors (Lipinski definition) is 3. The number of amides is 1. The van der Waals surface area contributed by atoms with Gasteiger partial charge < -0.3 is 20.5 Å². The third-order valence-corrected chi connectivity index (χ3v) is 3.65. The molecule has 0 aliphatic heterocycles. The molecule has 0 spiro atoms. The predicted octanol–water partition coefficient (Wildman–Crippen LogP) is 2.34. The Kier molecular flexibility index (Phi) is 9.98. The number of aryl methyl sites for hydroxylation is 1. The van der Waals surface area contributed by atoms with Gasteiger partial charge in [-0.2, -0.15) is 0 Å². The zero-order valence-electron chi connectivity index (χ0n) is 14.9. The summed E-state index contributed by atoms with van der Waals surface area (Å²) in [5.74, 6) is 0.620. The van der Waals surface area contributed by atoms with Crippen LogP contribution in [0.3, 0.4) is 0 Å². The normalized spacial score (nSPS) is 11.0. The highest BCUT2D eigenvalue weighted by Crippen LogP contribution is 2.15. The quantitative estimate of drug-likeness (QED) is 0.247. The number of nitrogens with one attached hydrogen (secondary N) is 3. The standard InChI is InChI=1S/C18H27N5O.HI/c1-3-19-17(24)14-22-18(20-4-2)21-11-7-12-23-13-10-15-8-5-6-9-16(15)23;/h5-6,8-10,13H,3-4,7,11-12,14H2,1-2H3,(H,19,24)(H2,20,21,22);1H. The van der Waals surface area contributed by atoms with Gasteiger partial charge in [0, 0.05) is 37.9 Å². The van der Waals surface area contributed by atoms with Gasteiger partial charge in [-0.3, -0.25) is 4.79 Å². The first-order chi connectivity index (χ1) is 11.7. The van der Waals surface area contributed by atoms with Crippen LogP contribution >= 0.6 is 24.0 Å². The topological polar surface area (TPSA) is 70.4 Å². The molecule has 0 saturated heterocycles. The molecule has 0 bridgehead atoms. The van der Waals surface area contributed by atoms with Gasteiger partial charge in [-0.05, 0) is 37.8 Å². The molecule has 1 aromatic heterocycles. The number of hydrogen-bond acceptors (Lipinski definition) is 2. The Morgan fingerprint density at radius 1 is 1.08 bits per heavy atom. The molecule has 1 aromatic carbocycles. The Bertz CT molecular complexity index is 683. The Labute approximate surface area is 166 Å². The number of carbonyl (C=O) groups excluding carboxylic acids is 1. The minimum absolute atomic E-state index is 0. The van der Waals surface area contributed by atoms with Crippen LogP contribution in [0.5, 0.6) is 0 Å². The van der Waals surface area contributed by atoms with Crippen molar-refractivity contribution in [3.63, 3.8) is 0 Å². The highest BCUT2D eigenvalue weighted by atomic mass is 127. The average molecular weight is 457 g/mol. The van der Waals surface area contributed by atoms with Gasteiger partial charge in [0.15, 0.2) is 5.96 Å². The van der Waals surface area contributed by atoms with Crippen molar-refractivity contribution in [2.75, 3.05) is 26.2 Å². The van der Waals surface area contributed by atoms with Crippen LogP contribution in [-0.4, -0.2) is 42.6 Å². The lowest BCUT2D eigenvalue weighted by Gasteiger charge is -2.12. The SMILES string of the molecule is CCNC(=O)CN=C(NCC)NCCCn1ccc2ccccc21.I. The fraction of sp³-hybridized carbons (Fsp3) is 0.444. The molecule has 25 heavy (non-hydrogen) atoms. The monoisotopic (exact) mass is 457 g/mol. The number of aliphatic imine (C=N–C) groups is 1. The van der Waals surface area contributed by atoms with Crippen LogP contribution in [0.4, 0.5) is 0 Å². The number of halogens is 1. The zero-order valence-corrected chi connectivity index (χ0v) is 17.2. The Morgan fingerprint density at radius 3 is 2.60 bits per heavy atom. The summed E-state index contributed by atoms with van der Waals surface area (Å²) < 4.78 is 2.26. The van der Waals surface area contributed by atoms with Crippen LogP contribution in [-0.2, 0) is 11.3 Å². The lowest BCUT2D eigenvalue weighted by atomic mass is 10.2. The van der Waals surface area contributed by atoms with Crippen molar-refractivity contribution in [3.8, 4) is 0 Å². The molecule has 1 heterocycles. The molecule has 0 saturated carbocycles. The lowest BCUT2D eigenvalue weighted by molar-refractivity contribution is -0.119. The number of benzene rings is 1. The van der Waals surface area contributed by atoms with E-state index >= 15 is 0 Å². The summed E-state index contributed by atoms with van der Waals surface area (Å²) in [5, 5.41) is 10.4. The number of guanidine groups is 1. The predicted molar refractivity (Wildman–Crippen MR) is 115 cm³/mol. The maximum absolute atomic E-state index is 11.5. The Balaban J connectivity index is 0.00000312. The summed E-state index contributed by atoms with van der Waals surface area (Å²) in [6.45, 7) is 7.19. The van der Waals surface area contributed by atoms with Gasteiger partial charge in [-0.25, -0.2) is 4.99 Å². The number of para-hydroxylation sites is 1. The fourth-order valence-electron chi connectivity index (χ4n) is 2.54. The molecule has 3 N–H and O–H groups in total. The van der Waals surface area contributed by atoms with E-state index in [0.29, 0.717) is 12.5 Å². The molecule has 6 nitrogen and oxygen atoms in total. The van der Waals surface area contributed by atoms with Gasteiger partial charge in [-0.1, -0.05) is 18.2 Å². The molecule has 7 heteroatoms. The van der Waals surface area contributed by atoms with Gasteiger partial charge in [0.1, 0.15) is 6.54 Å². The number of likely N-dealkylation sites (N-methyl/N-ethyl adjacent to an activating group) is 1.